The molecule has 2 aliphatic carbocycles. The molecule has 2 saturated carbocycles. The number of nitrogens with zero attached hydrogens (tertiary/aromatic N) is 2. The minimum absolute atomic E-state index is 0.0523. The van der Waals surface area contributed by atoms with E-state index in [2.05, 4.69) is 40.2 Å². The van der Waals surface area contributed by atoms with Gasteiger partial charge in [0, 0.05) is 43.7 Å². The molecule has 0 spiro atoms. The lowest BCUT2D eigenvalue weighted by atomic mass is 9.76. The number of methoxy groups -OCH3 is 1. The van der Waals surface area contributed by atoms with Crippen molar-refractivity contribution in [2.24, 2.45) is 17.6 Å². The molecule has 1 aromatic rings. The van der Waals surface area contributed by atoms with Crippen LogP contribution in [0.2, 0.25) is 0 Å². The quantitative estimate of drug-likeness (QED) is 0.466. The number of aryl methyl sites for hydroxylation is 1. The highest BCUT2D eigenvalue weighted by atomic mass is 16.5. The number of aliphatic hydroxyl groups is 2. The SMILES string of the molecule is CCc1cc(N2CCN(C(O)[C@@H]3CCCCC3[C@@H](O)NC3(N)CC3)CC2)ccc1OC. The second-order valence-corrected chi connectivity index (χ2v) is 9.64. The molecule has 0 aromatic heterocycles. The predicted molar refractivity (Wildman–Crippen MR) is 123 cm³/mol. The van der Waals surface area contributed by atoms with Gasteiger partial charge in [0.15, 0.2) is 0 Å². The molecule has 3 aliphatic rings. The zero-order valence-electron chi connectivity index (χ0n) is 19.1. The van der Waals surface area contributed by atoms with Crippen LogP contribution in [-0.2, 0) is 6.42 Å². The first-order valence-electron chi connectivity index (χ1n) is 12.0. The van der Waals surface area contributed by atoms with Crippen LogP contribution in [0.4, 0.5) is 5.69 Å². The average molecular weight is 433 g/mol. The molecule has 31 heavy (non-hydrogen) atoms. The number of piperazine rings is 1. The number of anilines is 1. The highest BCUT2D eigenvalue weighted by Crippen LogP contribution is 2.38. The van der Waals surface area contributed by atoms with Crippen molar-refractivity contribution in [1.29, 1.82) is 0 Å². The number of aliphatic hydroxyl groups excluding tert-OH is 2. The number of nitrogens with one attached hydrogen (secondary N) is 1. The highest BCUT2D eigenvalue weighted by molar-refractivity contribution is 5.53. The van der Waals surface area contributed by atoms with E-state index in [-0.39, 0.29) is 11.8 Å². The van der Waals surface area contributed by atoms with E-state index in [9.17, 15) is 10.2 Å². The Labute approximate surface area is 186 Å². The monoisotopic (exact) mass is 432 g/mol. The largest absolute Gasteiger partial charge is 0.496 e. The van der Waals surface area contributed by atoms with E-state index < -0.39 is 18.1 Å². The van der Waals surface area contributed by atoms with Crippen LogP contribution in [0, 0.1) is 11.8 Å². The van der Waals surface area contributed by atoms with Crippen molar-refractivity contribution in [3.63, 3.8) is 0 Å². The lowest BCUT2D eigenvalue weighted by Crippen LogP contribution is -2.57. The van der Waals surface area contributed by atoms with Crippen molar-refractivity contribution < 1.29 is 14.9 Å². The standard InChI is InChI=1S/C24H40N4O3/c1-3-17-16-18(8-9-21(17)31-2)27-12-14-28(15-13-27)23(30)20-7-5-4-6-19(20)22(29)26-24(25)10-11-24/h8-9,16,19-20,22-23,26,29-30H,3-7,10-15,25H2,1-2H3/t19?,20-,22-,23?/m1/s1. The Morgan fingerprint density at radius 2 is 1.81 bits per heavy atom. The normalized spacial score (nSPS) is 28.2. The summed E-state index contributed by atoms with van der Waals surface area (Å²) in [5, 5.41) is 25.3. The van der Waals surface area contributed by atoms with Gasteiger partial charge in [-0.25, -0.2) is 0 Å². The minimum Gasteiger partial charge on any atom is -0.496 e. The van der Waals surface area contributed by atoms with Crippen molar-refractivity contribution in [2.75, 3.05) is 38.2 Å². The van der Waals surface area contributed by atoms with Crippen molar-refractivity contribution in [1.82, 2.24) is 10.2 Å². The van der Waals surface area contributed by atoms with E-state index >= 15 is 0 Å². The fourth-order valence-electron chi connectivity index (χ4n) is 5.38. The van der Waals surface area contributed by atoms with E-state index in [1.807, 2.05) is 0 Å². The topological polar surface area (TPSA) is 94.2 Å². The molecule has 3 fully saturated rings. The molecule has 7 heteroatoms. The lowest BCUT2D eigenvalue weighted by molar-refractivity contribution is -0.101. The van der Waals surface area contributed by atoms with E-state index in [1.165, 1.54) is 11.3 Å². The molecular weight excluding hydrogens is 392 g/mol. The molecular formula is C24H40N4O3. The van der Waals surface area contributed by atoms with E-state index in [0.717, 1.165) is 76.9 Å². The number of nitrogens with two attached hydrogens (primary N) is 1. The van der Waals surface area contributed by atoms with Gasteiger partial charge < -0.3 is 25.6 Å². The Hall–Kier alpha value is -1.38. The molecule has 7 nitrogen and oxygen atoms in total. The summed E-state index contributed by atoms with van der Waals surface area (Å²) in [7, 11) is 1.72. The maximum Gasteiger partial charge on any atom is 0.122 e. The van der Waals surface area contributed by atoms with Gasteiger partial charge in [-0.1, -0.05) is 19.8 Å². The van der Waals surface area contributed by atoms with Gasteiger partial charge >= 0.3 is 0 Å². The fraction of sp³-hybridized carbons (Fsp3) is 0.750. The summed E-state index contributed by atoms with van der Waals surface area (Å²) in [5.41, 5.74) is 8.22. The third-order valence-electron chi connectivity index (χ3n) is 7.59. The molecule has 1 aromatic carbocycles. The van der Waals surface area contributed by atoms with Crippen molar-refractivity contribution in [2.45, 2.75) is 70.0 Å². The van der Waals surface area contributed by atoms with Gasteiger partial charge in [-0.2, -0.15) is 0 Å². The highest BCUT2D eigenvalue weighted by Gasteiger charge is 2.44. The first-order chi connectivity index (χ1) is 14.9. The van der Waals surface area contributed by atoms with Crippen LogP contribution in [0.15, 0.2) is 18.2 Å². The third-order valence-corrected chi connectivity index (χ3v) is 7.59. The molecule has 0 bridgehead atoms. The van der Waals surface area contributed by atoms with Crippen LogP contribution < -0.4 is 20.7 Å². The van der Waals surface area contributed by atoms with Crippen LogP contribution in [0.1, 0.15) is 51.0 Å². The van der Waals surface area contributed by atoms with Crippen LogP contribution in [0.3, 0.4) is 0 Å². The molecule has 2 unspecified atom stereocenters. The molecule has 174 valence electrons. The summed E-state index contributed by atoms with van der Waals surface area (Å²) in [6.45, 7) is 5.56. The Morgan fingerprint density at radius 3 is 2.42 bits per heavy atom. The van der Waals surface area contributed by atoms with Crippen LogP contribution >= 0.6 is 0 Å². The average Bonchev–Trinajstić information content (AvgIpc) is 3.54. The summed E-state index contributed by atoms with van der Waals surface area (Å²) in [4.78, 5) is 4.59. The molecule has 4 atom stereocenters. The molecule has 5 N–H and O–H groups in total. The third kappa shape index (κ3) is 5.17. The summed E-state index contributed by atoms with van der Waals surface area (Å²) < 4.78 is 5.46. The van der Waals surface area contributed by atoms with E-state index in [0.29, 0.717) is 0 Å². The number of rotatable bonds is 8. The number of hydrogen-bond acceptors (Lipinski definition) is 7. The predicted octanol–water partition coefficient (Wildman–Crippen LogP) is 1.86. The Morgan fingerprint density at radius 1 is 1.13 bits per heavy atom. The molecule has 1 saturated heterocycles. The maximum atomic E-state index is 11.3. The molecule has 1 heterocycles. The zero-order chi connectivity index (χ0) is 22.0. The number of benzene rings is 1. The molecule has 4 rings (SSSR count). The molecule has 1 aliphatic heterocycles. The summed E-state index contributed by atoms with van der Waals surface area (Å²) in [6.07, 6.45) is 5.74. The van der Waals surface area contributed by atoms with E-state index in [4.69, 9.17) is 10.5 Å². The van der Waals surface area contributed by atoms with Gasteiger partial charge in [-0.05, 0) is 55.9 Å². The zero-order valence-corrected chi connectivity index (χ0v) is 19.1. The number of ether oxygens (including phenoxy) is 1. The fourth-order valence-corrected chi connectivity index (χ4v) is 5.38. The van der Waals surface area contributed by atoms with Crippen LogP contribution in [-0.4, -0.2) is 66.5 Å². The summed E-state index contributed by atoms with van der Waals surface area (Å²) >= 11 is 0. The van der Waals surface area contributed by atoms with Gasteiger partial charge in [0.25, 0.3) is 0 Å². The first kappa shape index (κ1) is 22.8. The van der Waals surface area contributed by atoms with Crippen molar-refractivity contribution >= 4 is 5.69 Å². The van der Waals surface area contributed by atoms with Gasteiger partial charge in [0.1, 0.15) is 18.2 Å². The maximum absolute atomic E-state index is 11.3. The van der Waals surface area contributed by atoms with Gasteiger partial charge in [0.05, 0.1) is 12.8 Å². The van der Waals surface area contributed by atoms with Crippen molar-refractivity contribution in [3.05, 3.63) is 23.8 Å². The molecule has 0 radical (unpaired) electrons. The van der Waals surface area contributed by atoms with Gasteiger partial charge in [-0.3, -0.25) is 10.2 Å². The Balaban J connectivity index is 1.36. The second kappa shape index (κ2) is 9.63. The summed E-state index contributed by atoms with van der Waals surface area (Å²) in [5.74, 6) is 1.08. The first-order valence-corrected chi connectivity index (χ1v) is 12.0. The van der Waals surface area contributed by atoms with Gasteiger partial charge in [-0.15, -0.1) is 0 Å². The second-order valence-electron chi connectivity index (χ2n) is 9.64. The van der Waals surface area contributed by atoms with E-state index in [1.54, 1.807) is 7.11 Å². The lowest BCUT2D eigenvalue weighted by Gasteiger charge is -2.45. The smallest absolute Gasteiger partial charge is 0.122 e. The Kier molecular flexibility index (Phi) is 7.08. The Bertz CT molecular complexity index is 734. The van der Waals surface area contributed by atoms with Crippen LogP contribution in [0.25, 0.3) is 0 Å². The number of hydrogen-bond donors (Lipinski definition) is 4. The van der Waals surface area contributed by atoms with Crippen LogP contribution in [0.5, 0.6) is 5.75 Å². The van der Waals surface area contributed by atoms with Crippen molar-refractivity contribution in [3.8, 4) is 5.75 Å². The summed E-state index contributed by atoms with van der Waals surface area (Å²) in [6, 6.07) is 6.41. The minimum atomic E-state index is -0.638. The van der Waals surface area contributed by atoms with Gasteiger partial charge in [0.2, 0.25) is 0 Å². The molecule has 0 amide bonds.